The van der Waals surface area contributed by atoms with E-state index in [0.29, 0.717) is 39.6 Å². The van der Waals surface area contributed by atoms with Crippen LogP contribution in [0.2, 0.25) is 0 Å². The van der Waals surface area contributed by atoms with Crippen LogP contribution in [0.15, 0.2) is 54.9 Å². The van der Waals surface area contributed by atoms with E-state index in [1.165, 1.54) is 6.07 Å². The van der Waals surface area contributed by atoms with Crippen molar-refractivity contribution in [1.29, 1.82) is 0 Å². The minimum Gasteiger partial charge on any atom is -0.437 e. The lowest BCUT2D eigenvalue weighted by Gasteiger charge is -2.23. The number of benzene rings is 2. The van der Waals surface area contributed by atoms with E-state index in [1.54, 1.807) is 18.5 Å². The molecule has 0 unspecified atom stereocenters. The number of hydrogen-bond donors (Lipinski definition) is 3. The fourth-order valence-electron chi connectivity index (χ4n) is 5.86. The van der Waals surface area contributed by atoms with Crippen molar-refractivity contribution in [3.8, 4) is 22.9 Å². The Balaban J connectivity index is 1.20. The molecule has 2 saturated carbocycles. The van der Waals surface area contributed by atoms with Gasteiger partial charge >= 0.3 is 0 Å². The molecule has 9 heteroatoms. The number of halogens is 1. The molecule has 0 radical (unpaired) electrons. The maximum absolute atomic E-state index is 15.0. The van der Waals surface area contributed by atoms with E-state index < -0.39 is 5.82 Å². The monoisotopic (exact) mass is 538 g/mol. The van der Waals surface area contributed by atoms with Crippen molar-refractivity contribution in [3.05, 3.63) is 66.2 Å². The van der Waals surface area contributed by atoms with Gasteiger partial charge in [-0.25, -0.2) is 19.3 Å². The molecule has 0 bridgehead atoms. The molecule has 3 fully saturated rings. The SMILES string of the molecule is Cc1ccc2c(NC(=O)[C@@H]3CC34CC4)c(F)ccc2c1Oc1ncccc1-c1ccnc(N[C@H]2CCCNC2)n1. The fraction of sp³-hybridized carbons (Fsp3) is 0.355. The highest BCUT2D eigenvalue weighted by Gasteiger charge is 2.65. The van der Waals surface area contributed by atoms with Gasteiger partial charge in [0.15, 0.2) is 0 Å². The van der Waals surface area contributed by atoms with Crippen LogP contribution in [0, 0.1) is 24.1 Å². The zero-order valence-electron chi connectivity index (χ0n) is 22.3. The summed E-state index contributed by atoms with van der Waals surface area (Å²) in [4.78, 5) is 26.6. The maximum Gasteiger partial charge on any atom is 0.228 e. The average molecular weight is 539 g/mol. The number of aryl methyl sites for hydroxylation is 1. The Labute approximate surface area is 231 Å². The van der Waals surface area contributed by atoms with Crippen LogP contribution in [0.25, 0.3) is 22.0 Å². The van der Waals surface area contributed by atoms with Gasteiger partial charge in [0, 0.05) is 41.7 Å². The normalized spacial score (nSPS) is 20.8. The summed E-state index contributed by atoms with van der Waals surface area (Å²) >= 11 is 0. The standard InChI is InChI=1S/C31H31FN6O2/c1-18-6-7-20-21(8-9-24(32)26(20)38-28(39)23-16-31(23)11-12-31)27(18)40-29-22(5-3-14-34-29)25-10-15-35-30(37-25)36-19-4-2-13-33-17-19/h3,5-10,14-15,19,23,33H,2,4,11-13,16-17H2,1H3,(H,38,39)(H,35,36,37)/t19-,23-/m0/s1. The first-order valence-electron chi connectivity index (χ1n) is 14.0. The molecule has 1 spiro atoms. The van der Waals surface area contributed by atoms with Gasteiger partial charge in [0.1, 0.15) is 11.6 Å². The Morgan fingerprint density at radius 1 is 1.10 bits per heavy atom. The predicted molar refractivity (Wildman–Crippen MR) is 152 cm³/mol. The van der Waals surface area contributed by atoms with Gasteiger partial charge in [-0.15, -0.1) is 0 Å². The van der Waals surface area contributed by atoms with Crippen molar-refractivity contribution in [1.82, 2.24) is 20.3 Å². The average Bonchev–Trinajstić information content (AvgIpc) is 3.91. The fourth-order valence-corrected chi connectivity index (χ4v) is 5.86. The molecule has 2 aromatic carbocycles. The number of rotatable bonds is 7. The number of pyridine rings is 1. The molecule has 1 aliphatic heterocycles. The summed E-state index contributed by atoms with van der Waals surface area (Å²) in [6.45, 7) is 3.84. The Morgan fingerprint density at radius 2 is 1.98 bits per heavy atom. The number of ether oxygens (including phenoxy) is 1. The third-order valence-corrected chi connectivity index (χ3v) is 8.48. The molecule has 2 atom stereocenters. The highest BCUT2D eigenvalue weighted by molar-refractivity contribution is 6.06. The van der Waals surface area contributed by atoms with E-state index in [4.69, 9.17) is 9.72 Å². The van der Waals surface area contributed by atoms with Crippen LogP contribution in [-0.2, 0) is 4.79 Å². The highest BCUT2D eigenvalue weighted by atomic mass is 19.1. The Bertz CT molecular complexity index is 1620. The summed E-state index contributed by atoms with van der Waals surface area (Å²) in [5.74, 6) is 0.914. The lowest BCUT2D eigenvalue weighted by atomic mass is 10.0. The maximum atomic E-state index is 15.0. The summed E-state index contributed by atoms with van der Waals surface area (Å²) in [6, 6.07) is 12.6. The lowest BCUT2D eigenvalue weighted by molar-refractivity contribution is -0.117. The summed E-state index contributed by atoms with van der Waals surface area (Å²) in [6.07, 6.45) is 8.65. The van der Waals surface area contributed by atoms with Crippen molar-refractivity contribution in [3.63, 3.8) is 0 Å². The Kier molecular flexibility index (Phi) is 6.11. The van der Waals surface area contributed by atoms with E-state index in [1.807, 2.05) is 37.3 Å². The van der Waals surface area contributed by atoms with Crippen molar-refractivity contribution >= 4 is 28.3 Å². The van der Waals surface area contributed by atoms with Crippen LogP contribution in [0.1, 0.15) is 37.7 Å². The third-order valence-electron chi connectivity index (χ3n) is 8.48. The van der Waals surface area contributed by atoms with Gasteiger partial charge in [-0.3, -0.25) is 4.79 Å². The molecule has 3 heterocycles. The molecule has 8 nitrogen and oxygen atoms in total. The van der Waals surface area contributed by atoms with Gasteiger partial charge in [0.05, 0.1) is 16.9 Å². The molecule has 2 aliphatic carbocycles. The highest BCUT2D eigenvalue weighted by Crippen LogP contribution is 2.70. The molecular weight excluding hydrogens is 507 g/mol. The molecule has 1 saturated heterocycles. The van der Waals surface area contributed by atoms with Crippen LogP contribution in [0.3, 0.4) is 0 Å². The molecule has 4 aromatic rings. The number of anilines is 2. The van der Waals surface area contributed by atoms with Crippen molar-refractivity contribution < 1.29 is 13.9 Å². The minimum absolute atomic E-state index is 0.0129. The number of amides is 1. The number of nitrogens with zero attached hydrogens (tertiary/aromatic N) is 3. The van der Waals surface area contributed by atoms with Crippen LogP contribution < -0.4 is 20.7 Å². The zero-order chi connectivity index (χ0) is 27.3. The number of fused-ring (bicyclic) bond motifs is 1. The van der Waals surface area contributed by atoms with E-state index in [9.17, 15) is 4.79 Å². The van der Waals surface area contributed by atoms with Crippen LogP contribution in [-0.4, -0.2) is 40.0 Å². The summed E-state index contributed by atoms with van der Waals surface area (Å²) in [7, 11) is 0. The second-order valence-corrected chi connectivity index (χ2v) is 11.2. The molecular formula is C31H31FN6O2. The number of carbonyl (C=O) groups excluding carboxylic acids is 1. The van der Waals surface area contributed by atoms with Crippen molar-refractivity contribution in [2.24, 2.45) is 11.3 Å². The van der Waals surface area contributed by atoms with E-state index in [-0.39, 0.29) is 29.0 Å². The first kappa shape index (κ1) is 24.9. The smallest absolute Gasteiger partial charge is 0.228 e. The Hall–Kier alpha value is -4.11. The Morgan fingerprint density at radius 3 is 2.77 bits per heavy atom. The molecule has 3 N–H and O–H groups in total. The number of piperidine rings is 1. The van der Waals surface area contributed by atoms with Crippen LogP contribution in [0.4, 0.5) is 16.0 Å². The summed E-state index contributed by atoms with van der Waals surface area (Å²) in [5, 5.41) is 11.0. The topological polar surface area (TPSA) is 101 Å². The van der Waals surface area contributed by atoms with Gasteiger partial charge in [0.25, 0.3) is 0 Å². The van der Waals surface area contributed by atoms with Crippen LogP contribution >= 0.6 is 0 Å². The second kappa shape index (κ2) is 9.82. The second-order valence-electron chi connectivity index (χ2n) is 11.2. The van der Waals surface area contributed by atoms with E-state index in [2.05, 4.69) is 25.9 Å². The third kappa shape index (κ3) is 4.64. The van der Waals surface area contributed by atoms with Crippen molar-refractivity contribution in [2.75, 3.05) is 23.7 Å². The van der Waals surface area contributed by atoms with Gasteiger partial charge in [0.2, 0.25) is 17.7 Å². The van der Waals surface area contributed by atoms with Gasteiger partial charge in [-0.1, -0.05) is 12.1 Å². The van der Waals surface area contributed by atoms with E-state index in [0.717, 1.165) is 50.8 Å². The van der Waals surface area contributed by atoms with Gasteiger partial charge in [-0.05, 0) is 86.9 Å². The quantitative estimate of drug-likeness (QED) is 0.272. The molecule has 204 valence electrons. The summed E-state index contributed by atoms with van der Waals surface area (Å²) in [5.41, 5.74) is 2.64. The predicted octanol–water partition coefficient (Wildman–Crippen LogP) is 5.83. The molecule has 40 heavy (non-hydrogen) atoms. The first-order valence-corrected chi connectivity index (χ1v) is 14.0. The van der Waals surface area contributed by atoms with Gasteiger partial charge in [-0.2, -0.15) is 0 Å². The lowest BCUT2D eigenvalue weighted by Crippen LogP contribution is -2.38. The number of nitrogens with one attached hydrogen (secondary N) is 3. The number of aromatic nitrogens is 3. The molecule has 2 aromatic heterocycles. The van der Waals surface area contributed by atoms with Crippen LogP contribution in [0.5, 0.6) is 11.6 Å². The molecule has 1 amide bonds. The zero-order valence-corrected chi connectivity index (χ0v) is 22.3. The van der Waals surface area contributed by atoms with E-state index >= 15 is 4.39 Å². The largest absolute Gasteiger partial charge is 0.437 e. The molecule has 3 aliphatic rings. The van der Waals surface area contributed by atoms with Crippen molar-refractivity contribution in [2.45, 2.75) is 45.1 Å². The number of carbonyl (C=O) groups is 1. The van der Waals surface area contributed by atoms with Gasteiger partial charge < -0.3 is 20.7 Å². The minimum atomic E-state index is -0.464. The molecule has 7 rings (SSSR count). The summed E-state index contributed by atoms with van der Waals surface area (Å²) < 4.78 is 21.5. The number of hydrogen-bond acceptors (Lipinski definition) is 7. The first-order chi connectivity index (χ1) is 19.5.